The standard InChI is InChI=1S/C26H50N6O4/c1-23(2)13-19(14-24(3,4)31(23)35)27-21(33)17-29-9-11-30(12-10-29)18-22(34)28-20-15-25(5,6)32(36)26(7,8)16-20/h19-20,35-36H,9-18H2,1-8H3,(H,27,33)(H,28,34)/p+1. The fourth-order valence-corrected chi connectivity index (χ4v) is 6.81. The lowest BCUT2D eigenvalue weighted by molar-refractivity contribution is -0.246. The molecule has 0 unspecified atom stereocenters. The van der Waals surface area contributed by atoms with Gasteiger partial charge in [-0.25, -0.2) is 0 Å². The van der Waals surface area contributed by atoms with Crippen molar-refractivity contribution in [2.24, 2.45) is 0 Å². The van der Waals surface area contributed by atoms with Crippen molar-refractivity contribution in [1.29, 1.82) is 0 Å². The van der Waals surface area contributed by atoms with E-state index in [0.717, 1.165) is 39.0 Å². The van der Waals surface area contributed by atoms with Crippen molar-refractivity contribution in [3.05, 3.63) is 0 Å². The summed E-state index contributed by atoms with van der Waals surface area (Å²) in [5.41, 5.74) is -1.36. The van der Waals surface area contributed by atoms with Crippen molar-refractivity contribution < 1.29 is 20.0 Å². The second-order valence-corrected chi connectivity index (χ2v) is 13.8. The van der Waals surface area contributed by atoms with Crippen LogP contribution < -0.4 is 10.6 Å². The van der Waals surface area contributed by atoms with E-state index in [9.17, 15) is 14.8 Å². The zero-order chi connectivity index (χ0) is 27.1. The highest BCUT2D eigenvalue weighted by molar-refractivity contribution is 5.79. The molecule has 3 heterocycles. The van der Waals surface area contributed by atoms with E-state index in [1.54, 1.807) is 5.06 Å². The molecule has 10 heteroatoms. The summed E-state index contributed by atoms with van der Waals surface area (Å²) >= 11 is 0. The SMILES string of the molecule is CC1(C)CC(NC(=O)CN2CCN(CC(=O)NC3CC(C)(C)N([OH2+])C(C)(C)C3)CC2)CC(C)(C)N1O. The summed E-state index contributed by atoms with van der Waals surface area (Å²) in [6, 6.07) is 0.106. The molecular formula is C26H51N6O4+. The van der Waals surface area contributed by atoms with E-state index < -0.39 is 11.1 Å². The Balaban J connectivity index is 1.40. The zero-order valence-electron chi connectivity index (χ0n) is 23.8. The Morgan fingerprint density at radius 1 is 0.694 bits per heavy atom. The van der Waals surface area contributed by atoms with Crippen LogP contribution >= 0.6 is 0 Å². The average molecular weight is 512 g/mol. The van der Waals surface area contributed by atoms with Gasteiger partial charge in [-0.1, -0.05) is 5.06 Å². The van der Waals surface area contributed by atoms with E-state index in [4.69, 9.17) is 5.21 Å². The molecule has 3 rings (SSSR count). The van der Waals surface area contributed by atoms with Crippen LogP contribution in [0.25, 0.3) is 0 Å². The van der Waals surface area contributed by atoms with Gasteiger partial charge in [-0.3, -0.25) is 19.4 Å². The fraction of sp³-hybridized carbons (Fsp3) is 0.923. The Hall–Kier alpha value is -1.30. The highest BCUT2D eigenvalue weighted by Gasteiger charge is 2.49. The second kappa shape index (κ2) is 10.5. The van der Waals surface area contributed by atoms with Crippen LogP contribution in [0.2, 0.25) is 0 Å². The largest absolute Gasteiger partial charge is 0.352 e. The molecular weight excluding hydrogens is 460 g/mol. The fourth-order valence-electron chi connectivity index (χ4n) is 6.81. The van der Waals surface area contributed by atoms with Gasteiger partial charge in [0.15, 0.2) is 0 Å². The topological polar surface area (TPSA) is 114 Å². The number of hydroxylamine groups is 4. The van der Waals surface area contributed by atoms with E-state index in [1.165, 1.54) is 5.06 Å². The molecule has 0 aromatic carbocycles. The first kappa shape index (κ1) is 29.3. The average Bonchev–Trinajstić information content (AvgIpc) is 2.70. The third-order valence-corrected chi connectivity index (χ3v) is 8.27. The summed E-state index contributed by atoms with van der Waals surface area (Å²) in [6.45, 7) is 20.0. The Bertz CT molecular complexity index is 704. The third-order valence-electron chi connectivity index (χ3n) is 8.27. The Kier molecular flexibility index (Phi) is 8.50. The van der Waals surface area contributed by atoms with Gasteiger partial charge in [0.25, 0.3) is 0 Å². The smallest absolute Gasteiger partial charge is 0.234 e. The highest BCUT2D eigenvalue weighted by Crippen LogP contribution is 2.37. The first-order valence-corrected chi connectivity index (χ1v) is 13.5. The van der Waals surface area contributed by atoms with Gasteiger partial charge in [0, 0.05) is 49.3 Å². The van der Waals surface area contributed by atoms with Gasteiger partial charge < -0.3 is 21.0 Å². The summed E-state index contributed by atoms with van der Waals surface area (Å²) in [5.74, 6) is 0.0619. The number of nitrogens with zero attached hydrogens (tertiary/aromatic N) is 4. The molecule has 3 saturated heterocycles. The lowest BCUT2D eigenvalue weighted by Crippen LogP contribution is -2.63. The Labute approximate surface area is 217 Å². The summed E-state index contributed by atoms with van der Waals surface area (Å²) in [4.78, 5) is 29.9. The Morgan fingerprint density at radius 2 is 1.00 bits per heavy atom. The van der Waals surface area contributed by atoms with Gasteiger partial charge in [-0.2, -0.15) is 5.06 Å². The summed E-state index contributed by atoms with van der Waals surface area (Å²) in [6.07, 6.45) is 2.94. The number of hydrogen-bond donors (Lipinski definition) is 3. The zero-order valence-corrected chi connectivity index (χ0v) is 23.8. The van der Waals surface area contributed by atoms with E-state index in [0.29, 0.717) is 25.9 Å². The molecule has 36 heavy (non-hydrogen) atoms. The van der Waals surface area contributed by atoms with Gasteiger partial charge in [0.1, 0.15) is 0 Å². The van der Waals surface area contributed by atoms with Crippen LogP contribution in [-0.2, 0) is 9.59 Å². The number of carbonyl (C=O) groups is 2. The summed E-state index contributed by atoms with van der Waals surface area (Å²) in [7, 11) is 0. The molecule has 0 aliphatic carbocycles. The molecule has 0 spiro atoms. The van der Waals surface area contributed by atoms with Crippen LogP contribution in [0.3, 0.4) is 0 Å². The van der Waals surface area contributed by atoms with Crippen molar-refractivity contribution >= 4 is 11.8 Å². The first-order chi connectivity index (χ1) is 16.4. The molecule has 3 fully saturated rings. The van der Waals surface area contributed by atoms with Crippen molar-refractivity contribution in [3.8, 4) is 0 Å². The molecule has 0 bridgehead atoms. The monoisotopic (exact) mass is 511 g/mol. The molecule has 3 aliphatic rings. The molecule has 3 aliphatic heterocycles. The molecule has 10 nitrogen and oxygen atoms in total. The van der Waals surface area contributed by atoms with Crippen molar-refractivity contribution in [2.75, 3.05) is 39.3 Å². The minimum atomic E-state index is -0.393. The van der Waals surface area contributed by atoms with Crippen LogP contribution in [0.4, 0.5) is 0 Å². The number of nitrogens with one attached hydrogen (secondary N) is 2. The van der Waals surface area contributed by atoms with Crippen molar-refractivity contribution in [2.45, 2.75) is 115 Å². The van der Waals surface area contributed by atoms with E-state index in [2.05, 4.69) is 48.1 Å². The van der Waals surface area contributed by atoms with E-state index in [1.807, 2.05) is 27.7 Å². The lowest BCUT2D eigenvalue weighted by Gasteiger charge is -2.51. The maximum Gasteiger partial charge on any atom is 0.234 e. The number of piperazine rings is 1. The van der Waals surface area contributed by atoms with Crippen LogP contribution in [0.5, 0.6) is 0 Å². The van der Waals surface area contributed by atoms with E-state index >= 15 is 0 Å². The molecule has 0 aromatic rings. The molecule has 0 saturated carbocycles. The third kappa shape index (κ3) is 6.96. The van der Waals surface area contributed by atoms with E-state index in [-0.39, 0.29) is 35.0 Å². The molecule has 2 amide bonds. The molecule has 0 atom stereocenters. The van der Waals surface area contributed by atoms with Crippen LogP contribution in [-0.4, -0.2) is 116 Å². The minimum Gasteiger partial charge on any atom is -0.352 e. The Morgan fingerprint density at radius 3 is 1.33 bits per heavy atom. The predicted octanol–water partition coefficient (Wildman–Crippen LogP) is 0.908. The quantitative estimate of drug-likeness (QED) is 0.454. The van der Waals surface area contributed by atoms with Gasteiger partial charge in [-0.05, 0) is 81.1 Å². The lowest BCUT2D eigenvalue weighted by atomic mass is 9.79. The van der Waals surface area contributed by atoms with Crippen LogP contribution in [0.1, 0.15) is 81.1 Å². The maximum absolute atomic E-state index is 12.8. The number of amides is 2. The van der Waals surface area contributed by atoms with Gasteiger partial charge in [0.2, 0.25) is 11.8 Å². The second-order valence-electron chi connectivity index (χ2n) is 13.8. The van der Waals surface area contributed by atoms with Gasteiger partial charge in [0.05, 0.1) is 24.2 Å². The number of hydrogen-bond acceptors (Lipinski definition) is 7. The summed E-state index contributed by atoms with van der Waals surface area (Å²) in [5, 5.41) is 28.4. The number of piperidine rings is 2. The van der Waals surface area contributed by atoms with Gasteiger partial charge in [-0.15, -0.1) is 0 Å². The highest BCUT2D eigenvalue weighted by atomic mass is 16.5. The first-order valence-electron chi connectivity index (χ1n) is 13.5. The molecule has 0 aromatic heterocycles. The van der Waals surface area contributed by atoms with Crippen LogP contribution in [0.15, 0.2) is 0 Å². The number of carbonyl (C=O) groups excluding carboxylic acids is 2. The molecule has 5 N–H and O–H groups in total. The molecule has 208 valence electrons. The normalized spacial score (nSPS) is 28.1. The van der Waals surface area contributed by atoms with Crippen molar-refractivity contribution in [3.63, 3.8) is 0 Å². The maximum atomic E-state index is 12.8. The van der Waals surface area contributed by atoms with Crippen LogP contribution in [0, 0.1) is 0 Å². The summed E-state index contributed by atoms with van der Waals surface area (Å²) < 4.78 is 0. The molecule has 0 radical (unpaired) electrons. The van der Waals surface area contributed by atoms with Crippen molar-refractivity contribution in [1.82, 2.24) is 30.6 Å². The number of rotatable bonds is 6. The minimum absolute atomic E-state index is 0.0233. The van der Waals surface area contributed by atoms with Gasteiger partial charge >= 0.3 is 0 Å². The predicted molar refractivity (Wildman–Crippen MR) is 141 cm³/mol.